The monoisotopic (exact) mass is 419 g/mol. The van der Waals surface area contributed by atoms with E-state index < -0.39 is 72.8 Å². The molecule has 164 valence electrons. The van der Waals surface area contributed by atoms with Crippen molar-refractivity contribution >= 4 is 35.6 Å². The van der Waals surface area contributed by atoms with Crippen LogP contribution in [0.5, 0.6) is 0 Å². The van der Waals surface area contributed by atoms with E-state index in [0.717, 1.165) is 0 Å². The van der Waals surface area contributed by atoms with E-state index in [2.05, 4.69) is 10.6 Å². The summed E-state index contributed by atoms with van der Waals surface area (Å²) in [5, 5.41) is 33.4. The molecule has 0 saturated carbocycles. The first-order valence-corrected chi connectivity index (χ1v) is 8.39. The number of aliphatic hydroxyl groups is 1. The Labute approximate surface area is 165 Å². The Morgan fingerprint density at radius 1 is 1.00 bits per heavy atom. The molecule has 0 radical (unpaired) electrons. The van der Waals surface area contributed by atoms with Crippen LogP contribution in [0.25, 0.3) is 0 Å². The van der Waals surface area contributed by atoms with Crippen molar-refractivity contribution in [1.29, 1.82) is 0 Å². The van der Waals surface area contributed by atoms with Crippen molar-refractivity contribution in [2.45, 2.75) is 50.4 Å². The van der Waals surface area contributed by atoms with E-state index in [4.69, 9.17) is 21.7 Å². The summed E-state index contributed by atoms with van der Waals surface area (Å²) in [5.41, 5.74) is 10.4. The molecule has 10 N–H and O–H groups in total. The maximum Gasteiger partial charge on any atom is 0.326 e. The van der Waals surface area contributed by atoms with E-state index in [1.54, 1.807) is 0 Å². The van der Waals surface area contributed by atoms with Gasteiger partial charge in [-0.25, -0.2) is 4.79 Å². The van der Waals surface area contributed by atoms with Gasteiger partial charge in [0.05, 0.1) is 25.1 Å². The predicted octanol–water partition coefficient (Wildman–Crippen LogP) is -4.39. The largest absolute Gasteiger partial charge is 0.481 e. The highest BCUT2D eigenvalue weighted by molar-refractivity contribution is 5.93. The third-order valence-electron chi connectivity index (χ3n) is 3.53. The topological polar surface area (TPSA) is 251 Å². The summed E-state index contributed by atoms with van der Waals surface area (Å²) >= 11 is 0. The Morgan fingerprint density at radius 3 is 2.03 bits per heavy atom. The molecule has 0 saturated heterocycles. The van der Waals surface area contributed by atoms with Gasteiger partial charge < -0.3 is 42.7 Å². The number of nitrogens with one attached hydrogen (secondary N) is 3. The summed E-state index contributed by atoms with van der Waals surface area (Å²) in [6, 6.07) is -4.34. The van der Waals surface area contributed by atoms with Crippen molar-refractivity contribution in [2.75, 3.05) is 6.54 Å². The zero-order chi connectivity index (χ0) is 22.7. The molecule has 0 bridgehead atoms. The highest BCUT2D eigenvalue weighted by Gasteiger charge is 2.28. The minimum atomic E-state index is -1.59. The zero-order valence-corrected chi connectivity index (χ0v) is 15.6. The van der Waals surface area contributed by atoms with Crippen LogP contribution in [0.4, 0.5) is 0 Å². The van der Waals surface area contributed by atoms with E-state index in [1.807, 2.05) is 5.32 Å². The van der Waals surface area contributed by atoms with Gasteiger partial charge in [0.25, 0.3) is 0 Å². The van der Waals surface area contributed by atoms with E-state index in [0.29, 0.717) is 0 Å². The summed E-state index contributed by atoms with van der Waals surface area (Å²) in [4.78, 5) is 68.0. The number of aliphatic hydroxyl groups excluding tert-OH is 1. The number of carbonyl (C=O) groups excluding carboxylic acids is 4. The molecule has 4 unspecified atom stereocenters. The zero-order valence-electron chi connectivity index (χ0n) is 15.6. The lowest BCUT2D eigenvalue weighted by atomic mass is 10.1. The standard InChI is InChI=1S/C15H25N5O9/c1-6(21)12(20-13(26)7(16)2-3-11(24)25)14(27)18-5-10(23)19-8(15(28)29)4-9(17)22/h6-8,12,21H,2-5,16H2,1H3,(H2,17,22)(H,18,27)(H,19,23)(H,20,26)(H,24,25)(H,28,29). The van der Waals surface area contributed by atoms with Gasteiger partial charge in [0, 0.05) is 6.42 Å². The van der Waals surface area contributed by atoms with Crippen LogP contribution in [-0.2, 0) is 28.8 Å². The van der Waals surface area contributed by atoms with Crippen LogP contribution in [0.3, 0.4) is 0 Å². The average molecular weight is 419 g/mol. The van der Waals surface area contributed by atoms with Crippen molar-refractivity contribution in [3.8, 4) is 0 Å². The number of carbonyl (C=O) groups is 6. The van der Waals surface area contributed by atoms with Crippen LogP contribution in [0, 0.1) is 0 Å². The van der Waals surface area contributed by atoms with Gasteiger partial charge >= 0.3 is 11.9 Å². The maximum absolute atomic E-state index is 12.1. The van der Waals surface area contributed by atoms with Crippen LogP contribution in [0.15, 0.2) is 0 Å². The molecule has 0 aliphatic heterocycles. The molecule has 0 aromatic carbocycles. The smallest absolute Gasteiger partial charge is 0.326 e. The lowest BCUT2D eigenvalue weighted by Crippen LogP contribution is -2.57. The van der Waals surface area contributed by atoms with Crippen molar-refractivity contribution in [3.63, 3.8) is 0 Å². The van der Waals surface area contributed by atoms with Crippen LogP contribution >= 0.6 is 0 Å². The second kappa shape index (κ2) is 12.2. The Morgan fingerprint density at radius 2 is 1.59 bits per heavy atom. The summed E-state index contributed by atoms with van der Waals surface area (Å²) < 4.78 is 0. The Bertz CT molecular complexity index is 652. The van der Waals surface area contributed by atoms with Gasteiger partial charge in [-0.2, -0.15) is 0 Å². The minimum absolute atomic E-state index is 0.200. The SMILES string of the molecule is CC(O)C(NC(=O)C(N)CCC(=O)O)C(=O)NCC(=O)NC(CC(N)=O)C(=O)O. The van der Waals surface area contributed by atoms with E-state index in [1.165, 1.54) is 6.92 Å². The minimum Gasteiger partial charge on any atom is -0.481 e. The van der Waals surface area contributed by atoms with Crippen molar-refractivity contribution in [2.24, 2.45) is 11.5 Å². The van der Waals surface area contributed by atoms with Crippen LogP contribution in [0.2, 0.25) is 0 Å². The number of carboxylic acid groups (broad SMARTS) is 2. The number of amides is 4. The van der Waals surface area contributed by atoms with Crippen LogP contribution in [0.1, 0.15) is 26.2 Å². The highest BCUT2D eigenvalue weighted by atomic mass is 16.4. The van der Waals surface area contributed by atoms with Gasteiger partial charge in [0.2, 0.25) is 23.6 Å². The summed E-state index contributed by atoms with van der Waals surface area (Å²) in [5.74, 6) is -6.45. The van der Waals surface area contributed by atoms with Crippen LogP contribution in [-0.4, -0.2) is 81.7 Å². The van der Waals surface area contributed by atoms with Crippen molar-refractivity contribution in [3.05, 3.63) is 0 Å². The second-order valence-electron chi connectivity index (χ2n) is 6.11. The van der Waals surface area contributed by atoms with E-state index >= 15 is 0 Å². The van der Waals surface area contributed by atoms with Gasteiger partial charge in [0.15, 0.2) is 0 Å². The first kappa shape index (κ1) is 25.7. The summed E-state index contributed by atoms with van der Waals surface area (Å²) in [6.07, 6.45) is -2.63. The molecular weight excluding hydrogens is 394 g/mol. The third-order valence-corrected chi connectivity index (χ3v) is 3.53. The first-order chi connectivity index (χ1) is 13.3. The molecular formula is C15H25N5O9. The lowest BCUT2D eigenvalue weighted by molar-refractivity contribution is -0.143. The van der Waals surface area contributed by atoms with E-state index in [-0.39, 0.29) is 12.8 Å². The number of aliphatic carboxylic acids is 2. The maximum atomic E-state index is 12.1. The van der Waals surface area contributed by atoms with Crippen molar-refractivity contribution < 1.29 is 44.1 Å². The van der Waals surface area contributed by atoms with Gasteiger partial charge in [-0.3, -0.25) is 24.0 Å². The van der Waals surface area contributed by atoms with Gasteiger partial charge in [-0.05, 0) is 13.3 Å². The number of hydrogen-bond donors (Lipinski definition) is 8. The van der Waals surface area contributed by atoms with Crippen LogP contribution < -0.4 is 27.4 Å². The third kappa shape index (κ3) is 10.6. The molecule has 14 heteroatoms. The molecule has 0 spiro atoms. The van der Waals surface area contributed by atoms with Gasteiger partial charge in [0.1, 0.15) is 12.1 Å². The number of nitrogens with two attached hydrogens (primary N) is 2. The quantitative estimate of drug-likeness (QED) is 0.142. The highest BCUT2D eigenvalue weighted by Crippen LogP contribution is 1.99. The predicted molar refractivity (Wildman–Crippen MR) is 94.8 cm³/mol. The molecule has 0 aliphatic carbocycles. The molecule has 0 rings (SSSR count). The first-order valence-electron chi connectivity index (χ1n) is 8.39. The molecule has 0 heterocycles. The number of hydrogen-bond acceptors (Lipinski definition) is 8. The molecule has 0 aliphatic rings. The Balaban J connectivity index is 4.76. The molecule has 0 aromatic heterocycles. The number of carboxylic acids is 2. The fourth-order valence-electron chi connectivity index (χ4n) is 2.00. The Kier molecular flexibility index (Phi) is 10.9. The lowest BCUT2D eigenvalue weighted by Gasteiger charge is -2.22. The summed E-state index contributed by atoms with van der Waals surface area (Å²) in [6.45, 7) is 0.465. The molecule has 4 atom stereocenters. The average Bonchev–Trinajstić information content (AvgIpc) is 2.60. The fourth-order valence-corrected chi connectivity index (χ4v) is 2.00. The van der Waals surface area contributed by atoms with Crippen molar-refractivity contribution in [1.82, 2.24) is 16.0 Å². The summed E-state index contributed by atoms with van der Waals surface area (Å²) in [7, 11) is 0. The van der Waals surface area contributed by atoms with Gasteiger partial charge in [-0.1, -0.05) is 0 Å². The van der Waals surface area contributed by atoms with Gasteiger partial charge in [-0.15, -0.1) is 0 Å². The molecule has 14 nitrogen and oxygen atoms in total. The molecule has 0 fully saturated rings. The number of primary amides is 1. The molecule has 29 heavy (non-hydrogen) atoms. The fraction of sp³-hybridized carbons (Fsp3) is 0.600. The molecule has 0 aromatic rings. The number of rotatable bonds is 13. The normalized spacial score (nSPS) is 14.6. The Hall–Kier alpha value is -3.26. The molecule has 4 amide bonds. The van der Waals surface area contributed by atoms with E-state index in [9.17, 15) is 33.9 Å². The second-order valence-corrected chi connectivity index (χ2v) is 6.11.